The van der Waals surface area contributed by atoms with Crippen LogP contribution in [0.3, 0.4) is 0 Å². The Bertz CT molecular complexity index is 263. The zero-order valence-electron chi connectivity index (χ0n) is 11.2. The highest BCUT2D eigenvalue weighted by Gasteiger charge is 2.28. The first-order valence-electron chi connectivity index (χ1n) is 6.20. The molecule has 0 spiro atoms. The second-order valence-corrected chi connectivity index (χ2v) is 5.64. The lowest BCUT2D eigenvalue weighted by molar-refractivity contribution is -0.00779. The molecule has 1 amide bonds. The van der Waals surface area contributed by atoms with Gasteiger partial charge in [-0.1, -0.05) is 12.8 Å². The van der Waals surface area contributed by atoms with E-state index in [0.29, 0.717) is 0 Å². The Labute approximate surface area is 103 Å². The summed E-state index contributed by atoms with van der Waals surface area (Å²) in [6, 6.07) is -0.0173. The molecule has 5 heteroatoms. The second kappa shape index (κ2) is 5.69. The molecule has 100 valence electrons. The van der Waals surface area contributed by atoms with Gasteiger partial charge in [-0.15, -0.1) is 0 Å². The van der Waals surface area contributed by atoms with E-state index in [4.69, 9.17) is 4.74 Å². The van der Waals surface area contributed by atoms with Crippen molar-refractivity contribution in [1.29, 1.82) is 0 Å². The maximum absolute atomic E-state index is 11.6. The van der Waals surface area contributed by atoms with E-state index in [9.17, 15) is 9.90 Å². The number of carbonyl (C=O) groups excluding carboxylic acids is 1. The summed E-state index contributed by atoms with van der Waals surface area (Å²) >= 11 is 0. The molecule has 1 fully saturated rings. The van der Waals surface area contributed by atoms with E-state index < -0.39 is 11.7 Å². The van der Waals surface area contributed by atoms with Crippen LogP contribution in [0.25, 0.3) is 0 Å². The summed E-state index contributed by atoms with van der Waals surface area (Å²) in [5, 5.41) is 11.5. The van der Waals surface area contributed by atoms with Gasteiger partial charge in [0.05, 0.1) is 12.1 Å². The fourth-order valence-electron chi connectivity index (χ4n) is 2.07. The molecule has 2 atom stereocenters. The van der Waals surface area contributed by atoms with Gasteiger partial charge in [-0.05, 0) is 33.6 Å². The van der Waals surface area contributed by atoms with E-state index in [-0.39, 0.29) is 12.1 Å². The van der Waals surface area contributed by atoms with Crippen LogP contribution in [0, 0.1) is 0 Å². The minimum atomic E-state index is -0.504. The van der Waals surface area contributed by atoms with Gasteiger partial charge in [0.25, 0.3) is 0 Å². The Morgan fingerprint density at radius 3 is 2.47 bits per heavy atom. The van der Waals surface area contributed by atoms with Crippen LogP contribution in [0.1, 0.15) is 46.5 Å². The number of nitrogens with zero attached hydrogens (tertiary/aromatic N) is 1. The topological polar surface area (TPSA) is 61.8 Å². The number of carbonyl (C=O) groups is 1. The molecular weight excluding hydrogens is 220 g/mol. The first kappa shape index (κ1) is 14.3. The third kappa shape index (κ3) is 4.91. The maximum atomic E-state index is 11.6. The standard InChI is InChI=1S/C12H24N2O3/c1-12(2,3)17-11(16)13-14(4)9-7-5-6-8-10(9)15/h9-10,15H,5-8H2,1-4H3,(H,13,16)/t9-,10+/m1/s1. The molecule has 1 rings (SSSR count). The number of hydrogen-bond acceptors (Lipinski definition) is 4. The van der Waals surface area contributed by atoms with Crippen molar-refractivity contribution in [2.24, 2.45) is 0 Å². The quantitative estimate of drug-likeness (QED) is 0.725. The van der Waals surface area contributed by atoms with Crippen molar-refractivity contribution >= 4 is 6.09 Å². The third-order valence-corrected chi connectivity index (χ3v) is 2.86. The van der Waals surface area contributed by atoms with E-state index in [2.05, 4.69) is 5.43 Å². The van der Waals surface area contributed by atoms with E-state index in [1.807, 2.05) is 20.8 Å². The minimum absolute atomic E-state index is 0.0173. The fraction of sp³-hybridized carbons (Fsp3) is 0.917. The lowest BCUT2D eigenvalue weighted by Crippen LogP contribution is -2.52. The van der Waals surface area contributed by atoms with Crippen molar-refractivity contribution in [2.75, 3.05) is 7.05 Å². The normalized spacial score (nSPS) is 25.8. The van der Waals surface area contributed by atoms with Gasteiger partial charge in [-0.2, -0.15) is 0 Å². The van der Waals surface area contributed by atoms with Crippen LogP contribution in [-0.4, -0.2) is 41.0 Å². The molecule has 0 unspecified atom stereocenters. The zero-order valence-corrected chi connectivity index (χ0v) is 11.2. The van der Waals surface area contributed by atoms with E-state index in [0.717, 1.165) is 25.7 Å². The van der Waals surface area contributed by atoms with Crippen molar-refractivity contribution < 1.29 is 14.6 Å². The Hall–Kier alpha value is -0.810. The van der Waals surface area contributed by atoms with Gasteiger partial charge in [-0.25, -0.2) is 9.80 Å². The molecule has 0 aromatic carbocycles. The number of nitrogens with one attached hydrogen (secondary N) is 1. The predicted molar refractivity (Wildman–Crippen MR) is 65.4 cm³/mol. The number of hydrazine groups is 1. The van der Waals surface area contributed by atoms with Crippen molar-refractivity contribution in [3.05, 3.63) is 0 Å². The smallest absolute Gasteiger partial charge is 0.422 e. The Balaban J connectivity index is 2.42. The average Bonchev–Trinajstić information content (AvgIpc) is 2.14. The van der Waals surface area contributed by atoms with Crippen molar-refractivity contribution in [3.8, 4) is 0 Å². The first-order valence-corrected chi connectivity index (χ1v) is 6.20. The van der Waals surface area contributed by atoms with E-state index in [1.54, 1.807) is 12.1 Å². The molecule has 2 N–H and O–H groups in total. The van der Waals surface area contributed by atoms with Gasteiger partial charge in [-0.3, -0.25) is 5.43 Å². The van der Waals surface area contributed by atoms with Gasteiger partial charge in [0, 0.05) is 7.05 Å². The van der Waals surface area contributed by atoms with Gasteiger partial charge in [0.2, 0.25) is 0 Å². The number of likely N-dealkylation sites (N-methyl/N-ethyl adjacent to an activating group) is 1. The number of ether oxygens (including phenoxy) is 1. The maximum Gasteiger partial charge on any atom is 0.422 e. The first-order chi connectivity index (χ1) is 7.79. The molecule has 0 radical (unpaired) electrons. The molecule has 0 bridgehead atoms. The molecule has 17 heavy (non-hydrogen) atoms. The molecule has 1 saturated carbocycles. The Morgan fingerprint density at radius 1 is 1.35 bits per heavy atom. The molecule has 0 heterocycles. The van der Waals surface area contributed by atoms with Crippen LogP contribution < -0.4 is 5.43 Å². The summed E-state index contributed by atoms with van der Waals surface area (Å²) in [6.07, 6.45) is 2.99. The summed E-state index contributed by atoms with van der Waals surface area (Å²) in [6.45, 7) is 5.46. The number of rotatable bonds is 2. The lowest BCUT2D eigenvalue weighted by atomic mass is 9.92. The van der Waals surface area contributed by atoms with Crippen molar-refractivity contribution in [1.82, 2.24) is 10.4 Å². The van der Waals surface area contributed by atoms with Crippen molar-refractivity contribution in [2.45, 2.75) is 64.2 Å². The van der Waals surface area contributed by atoms with Gasteiger partial charge in [0.15, 0.2) is 0 Å². The van der Waals surface area contributed by atoms with Gasteiger partial charge < -0.3 is 9.84 Å². The average molecular weight is 244 g/mol. The Kier molecular flexibility index (Phi) is 4.77. The molecule has 0 aromatic rings. The highest BCUT2D eigenvalue weighted by atomic mass is 16.6. The Morgan fingerprint density at radius 2 is 1.94 bits per heavy atom. The minimum Gasteiger partial charge on any atom is -0.443 e. The number of aliphatic hydroxyl groups is 1. The second-order valence-electron chi connectivity index (χ2n) is 5.64. The molecule has 1 aliphatic rings. The van der Waals surface area contributed by atoms with Crippen molar-refractivity contribution in [3.63, 3.8) is 0 Å². The van der Waals surface area contributed by atoms with Crippen LogP contribution in [-0.2, 0) is 4.74 Å². The molecule has 5 nitrogen and oxygen atoms in total. The van der Waals surface area contributed by atoms with Crippen LogP contribution in [0.15, 0.2) is 0 Å². The molecule has 1 aliphatic carbocycles. The largest absolute Gasteiger partial charge is 0.443 e. The lowest BCUT2D eigenvalue weighted by Gasteiger charge is -2.35. The highest BCUT2D eigenvalue weighted by Crippen LogP contribution is 2.21. The van der Waals surface area contributed by atoms with Gasteiger partial charge in [0.1, 0.15) is 5.60 Å². The fourth-order valence-corrected chi connectivity index (χ4v) is 2.07. The number of hydrogen-bond donors (Lipinski definition) is 2. The molecule has 0 aliphatic heterocycles. The number of amides is 1. The summed E-state index contributed by atoms with van der Waals surface area (Å²) in [5.74, 6) is 0. The van der Waals surface area contributed by atoms with Crippen LogP contribution in [0.4, 0.5) is 4.79 Å². The summed E-state index contributed by atoms with van der Waals surface area (Å²) in [4.78, 5) is 11.6. The summed E-state index contributed by atoms with van der Waals surface area (Å²) in [5.41, 5.74) is 2.14. The summed E-state index contributed by atoms with van der Waals surface area (Å²) < 4.78 is 5.16. The van der Waals surface area contributed by atoms with Gasteiger partial charge >= 0.3 is 6.09 Å². The van der Waals surface area contributed by atoms with Crippen LogP contribution >= 0.6 is 0 Å². The predicted octanol–water partition coefficient (Wildman–Crippen LogP) is 1.66. The number of aliphatic hydroxyl groups excluding tert-OH is 1. The molecule has 0 saturated heterocycles. The summed E-state index contributed by atoms with van der Waals surface area (Å²) in [7, 11) is 1.77. The SMILES string of the molecule is CN(NC(=O)OC(C)(C)C)[C@@H]1CCCC[C@@H]1O. The molecular formula is C12H24N2O3. The van der Waals surface area contributed by atoms with E-state index >= 15 is 0 Å². The van der Waals surface area contributed by atoms with E-state index in [1.165, 1.54) is 0 Å². The monoisotopic (exact) mass is 244 g/mol. The van der Waals surface area contributed by atoms with Crippen LogP contribution in [0.2, 0.25) is 0 Å². The zero-order chi connectivity index (χ0) is 13.1. The van der Waals surface area contributed by atoms with Crippen LogP contribution in [0.5, 0.6) is 0 Å². The molecule has 0 aromatic heterocycles. The highest BCUT2D eigenvalue weighted by molar-refractivity contribution is 5.67. The third-order valence-electron chi connectivity index (χ3n) is 2.86.